The number of allylic oxidation sites excluding steroid dienone is 4. The predicted molar refractivity (Wildman–Crippen MR) is 269 cm³/mol. The van der Waals surface area contributed by atoms with Crippen LogP contribution < -0.4 is 0 Å². The maximum atomic E-state index is 3.36. The van der Waals surface area contributed by atoms with Crippen molar-refractivity contribution in [2.24, 2.45) is 94.7 Å². The third kappa shape index (κ3) is 8.71. The zero-order valence-corrected chi connectivity index (χ0v) is 41.9. The van der Waals surface area contributed by atoms with Crippen molar-refractivity contribution in [2.45, 2.75) is 268 Å². The van der Waals surface area contributed by atoms with Crippen molar-refractivity contribution in [2.75, 3.05) is 0 Å². The fraction of sp³-hybridized carbons (Fsp3) is 0.935. The average Bonchev–Trinajstić information content (AvgIpc) is 3.34. The SMILES string of the molecule is CC1CCC(N(C2CCC(C=CC=CC3CCC(N(C4CCC(C)CC4)C4CCC5CCC6CCCC7CCC4C5C67)CC3)CC2)C2CCC3CCC4CCCC5CCC2C3C45)CC1. The van der Waals surface area contributed by atoms with Crippen molar-refractivity contribution >= 4 is 0 Å². The van der Waals surface area contributed by atoms with E-state index in [0.717, 1.165) is 131 Å². The van der Waals surface area contributed by atoms with E-state index in [-0.39, 0.29) is 0 Å². The van der Waals surface area contributed by atoms with Gasteiger partial charge >= 0.3 is 0 Å². The molecule has 0 saturated heterocycles. The van der Waals surface area contributed by atoms with E-state index in [1.165, 1.54) is 103 Å². The van der Waals surface area contributed by atoms with Gasteiger partial charge in [-0.2, -0.15) is 0 Å². The molecule has 358 valence electrons. The number of nitrogens with zero attached hydrogens (tertiary/aromatic N) is 2. The van der Waals surface area contributed by atoms with Gasteiger partial charge < -0.3 is 0 Å². The van der Waals surface area contributed by atoms with Crippen molar-refractivity contribution in [3.05, 3.63) is 24.3 Å². The molecule has 0 bridgehead atoms. The van der Waals surface area contributed by atoms with Crippen LogP contribution in [0.5, 0.6) is 0 Å². The molecule has 0 N–H and O–H groups in total. The minimum Gasteiger partial charge on any atom is -0.294 e. The number of rotatable bonds is 9. The zero-order valence-electron chi connectivity index (χ0n) is 41.9. The molecule has 0 spiro atoms. The van der Waals surface area contributed by atoms with Crippen molar-refractivity contribution < 1.29 is 0 Å². The van der Waals surface area contributed by atoms with E-state index in [2.05, 4.69) is 48.0 Å². The Morgan fingerprint density at radius 1 is 0.281 bits per heavy atom. The smallest absolute Gasteiger partial charge is 0.0132 e. The molecule has 2 nitrogen and oxygen atoms in total. The molecule has 12 rings (SSSR count). The summed E-state index contributed by atoms with van der Waals surface area (Å²) in [4.78, 5) is 6.73. The summed E-state index contributed by atoms with van der Waals surface area (Å²) >= 11 is 0. The van der Waals surface area contributed by atoms with Crippen molar-refractivity contribution in [3.8, 4) is 0 Å². The number of hydrogen-bond donors (Lipinski definition) is 0. The summed E-state index contributed by atoms with van der Waals surface area (Å²) in [7, 11) is 0. The van der Waals surface area contributed by atoms with Crippen molar-refractivity contribution in [3.63, 3.8) is 0 Å². The fourth-order valence-corrected chi connectivity index (χ4v) is 21.7. The lowest BCUT2D eigenvalue weighted by Gasteiger charge is -2.62. The van der Waals surface area contributed by atoms with E-state index in [4.69, 9.17) is 0 Å². The second kappa shape index (κ2) is 19.7. The Morgan fingerprint density at radius 3 is 0.938 bits per heavy atom. The van der Waals surface area contributed by atoms with Crippen molar-refractivity contribution in [1.29, 1.82) is 0 Å². The standard InChI is InChI=1S/C62H100N2/c1-41-13-29-51(30-14-41)63(57-39-27-49-23-21-45-9-5-11-47-25-37-55(57)61(49)59(45)47)53-33-17-43(18-34-53)7-3-4-8-44-19-35-54(36-20-44)64(52-31-15-42(2)16-32-52)58-40-28-50-24-22-46-10-6-12-48-26-38-56(58)62(50)60(46)48/h3-4,7-8,41-62H,5-6,9-40H2,1-2H3. The molecule has 0 aromatic rings. The molecule has 12 fully saturated rings. The highest BCUT2D eigenvalue weighted by atomic mass is 15.2. The van der Waals surface area contributed by atoms with Crippen LogP contribution in [0.3, 0.4) is 0 Å². The van der Waals surface area contributed by atoms with E-state index in [1.54, 1.807) is 116 Å². The molecule has 0 amide bonds. The van der Waals surface area contributed by atoms with Crippen molar-refractivity contribution in [1.82, 2.24) is 9.80 Å². The summed E-state index contributed by atoms with van der Waals surface area (Å²) in [6.07, 6.45) is 62.5. The van der Waals surface area contributed by atoms with Crippen LogP contribution in [0.4, 0.5) is 0 Å². The second-order valence-electron chi connectivity index (χ2n) is 27.3. The monoisotopic (exact) mass is 873 g/mol. The third-order valence-electron chi connectivity index (χ3n) is 24.4. The Labute approximate surface area is 395 Å². The van der Waals surface area contributed by atoms with Gasteiger partial charge in [-0.15, -0.1) is 0 Å². The highest BCUT2D eigenvalue weighted by Gasteiger charge is 2.57. The molecule has 14 unspecified atom stereocenters. The summed E-state index contributed by atoms with van der Waals surface area (Å²) < 4.78 is 0. The zero-order chi connectivity index (χ0) is 42.7. The average molecular weight is 873 g/mol. The molecule has 64 heavy (non-hydrogen) atoms. The molecular formula is C62H100N2. The summed E-state index contributed by atoms with van der Waals surface area (Å²) in [5.41, 5.74) is 0. The Hall–Kier alpha value is -0.600. The molecule has 2 heteroatoms. The van der Waals surface area contributed by atoms with Crippen LogP contribution in [0.2, 0.25) is 0 Å². The first-order chi connectivity index (χ1) is 31.5. The van der Waals surface area contributed by atoms with E-state index in [9.17, 15) is 0 Å². The normalized spacial score (nSPS) is 51.8. The van der Waals surface area contributed by atoms with Gasteiger partial charge in [-0.05, 0) is 274 Å². The van der Waals surface area contributed by atoms with Crippen LogP contribution in [-0.4, -0.2) is 46.1 Å². The van der Waals surface area contributed by atoms with Crippen LogP contribution in [0.1, 0.15) is 232 Å². The molecule has 12 saturated carbocycles. The fourth-order valence-electron chi connectivity index (χ4n) is 21.7. The Bertz CT molecular complexity index is 1440. The molecule has 0 heterocycles. The van der Waals surface area contributed by atoms with Gasteiger partial charge in [-0.3, -0.25) is 9.80 Å². The highest BCUT2D eigenvalue weighted by molar-refractivity contribution is 5.11. The summed E-state index contributed by atoms with van der Waals surface area (Å²) in [6, 6.07) is 5.35. The summed E-state index contributed by atoms with van der Waals surface area (Å²) in [6.45, 7) is 5.10. The maximum Gasteiger partial charge on any atom is 0.0132 e. The number of hydrogen-bond acceptors (Lipinski definition) is 2. The van der Waals surface area contributed by atoms with Gasteiger partial charge in [0.25, 0.3) is 0 Å². The summed E-state index contributed by atoms with van der Waals surface area (Å²) in [5, 5.41) is 0. The third-order valence-corrected chi connectivity index (χ3v) is 24.4. The molecule has 12 aliphatic carbocycles. The Kier molecular flexibility index (Phi) is 13.7. The van der Waals surface area contributed by atoms with Gasteiger partial charge in [0, 0.05) is 36.3 Å². The first-order valence-corrected chi connectivity index (χ1v) is 30.4. The van der Waals surface area contributed by atoms with Gasteiger partial charge in [-0.1, -0.05) is 76.7 Å². The Balaban J connectivity index is 0.669. The topological polar surface area (TPSA) is 6.48 Å². The summed E-state index contributed by atoms with van der Waals surface area (Å²) in [5.74, 6) is 16.6. The molecule has 14 atom stereocenters. The largest absolute Gasteiger partial charge is 0.294 e. The van der Waals surface area contributed by atoms with Crippen LogP contribution in [0, 0.1) is 94.7 Å². The van der Waals surface area contributed by atoms with Crippen LogP contribution in [0.15, 0.2) is 24.3 Å². The molecule has 0 aliphatic heterocycles. The minimum absolute atomic E-state index is 0.808. The Morgan fingerprint density at radius 2 is 0.578 bits per heavy atom. The van der Waals surface area contributed by atoms with Gasteiger partial charge in [0.05, 0.1) is 0 Å². The van der Waals surface area contributed by atoms with E-state index in [0.29, 0.717) is 0 Å². The van der Waals surface area contributed by atoms with Gasteiger partial charge in [0.2, 0.25) is 0 Å². The first kappa shape index (κ1) is 44.6. The predicted octanol–water partition coefficient (Wildman–Crippen LogP) is 16.2. The van der Waals surface area contributed by atoms with Crippen LogP contribution in [-0.2, 0) is 0 Å². The molecule has 0 aromatic carbocycles. The van der Waals surface area contributed by atoms with Crippen LogP contribution >= 0.6 is 0 Å². The molecule has 12 aliphatic rings. The quantitative estimate of drug-likeness (QED) is 0.213. The maximum absolute atomic E-state index is 3.36. The molecule has 0 radical (unpaired) electrons. The highest BCUT2D eigenvalue weighted by Crippen LogP contribution is 2.63. The lowest BCUT2D eigenvalue weighted by atomic mass is 9.47. The van der Waals surface area contributed by atoms with Gasteiger partial charge in [0.15, 0.2) is 0 Å². The van der Waals surface area contributed by atoms with Gasteiger partial charge in [-0.25, -0.2) is 0 Å². The van der Waals surface area contributed by atoms with Crippen LogP contribution in [0.25, 0.3) is 0 Å². The van der Waals surface area contributed by atoms with E-state index < -0.39 is 0 Å². The molecule has 0 aromatic heterocycles. The lowest BCUT2D eigenvalue weighted by Crippen LogP contribution is -2.61. The van der Waals surface area contributed by atoms with E-state index >= 15 is 0 Å². The lowest BCUT2D eigenvalue weighted by molar-refractivity contribution is -0.124. The molecular weight excluding hydrogens is 773 g/mol. The minimum atomic E-state index is 0.808. The van der Waals surface area contributed by atoms with Gasteiger partial charge in [0.1, 0.15) is 0 Å². The second-order valence-corrected chi connectivity index (χ2v) is 27.3. The van der Waals surface area contributed by atoms with E-state index in [1.807, 2.05) is 0 Å². The first-order valence-electron chi connectivity index (χ1n) is 30.4.